The van der Waals surface area contributed by atoms with Crippen LogP contribution in [0.5, 0.6) is 0 Å². The van der Waals surface area contributed by atoms with Crippen molar-refractivity contribution in [2.75, 3.05) is 13.1 Å². The van der Waals surface area contributed by atoms with E-state index in [1.165, 1.54) is 16.4 Å². The van der Waals surface area contributed by atoms with Gasteiger partial charge in [0.2, 0.25) is 10.0 Å². The molecule has 0 spiro atoms. The van der Waals surface area contributed by atoms with Crippen molar-refractivity contribution in [2.24, 2.45) is 5.92 Å². The third-order valence-corrected chi connectivity index (χ3v) is 6.32. The Hall–Kier alpha value is -0.460. The number of nitrogens with zero attached hydrogens (tertiary/aromatic N) is 1. The molecule has 1 atom stereocenters. The zero-order chi connectivity index (χ0) is 14.8. The fourth-order valence-corrected chi connectivity index (χ4v) is 4.48. The zero-order valence-electron chi connectivity index (χ0n) is 11.5. The third-order valence-electron chi connectivity index (χ3n) is 3.90. The van der Waals surface area contributed by atoms with Gasteiger partial charge < -0.3 is 0 Å². The SMILES string of the molecule is CCC1CCCN(S(=O)(=O)c2ccc(Br)cc2F)CC1. The first-order valence-corrected chi connectivity index (χ1v) is 9.13. The van der Waals surface area contributed by atoms with Crippen LogP contribution in [0, 0.1) is 11.7 Å². The number of halogens is 2. The van der Waals surface area contributed by atoms with Crippen LogP contribution in [-0.4, -0.2) is 25.8 Å². The van der Waals surface area contributed by atoms with Gasteiger partial charge in [0.05, 0.1) is 0 Å². The molecule has 20 heavy (non-hydrogen) atoms. The third kappa shape index (κ3) is 3.40. The Kier molecular flexibility index (Phi) is 5.20. The summed E-state index contributed by atoms with van der Waals surface area (Å²) in [5, 5.41) is 0. The van der Waals surface area contributed by atoms with Crippen LogP contribution in [0.4, 0.5) is 4.39 Å². The molecule has 1 fully saturated rings. The van der Waals surface area contributed by atoms with Crippen molar-refractivity contribution in [2.45, 2.75) is 37.5 Å². The van der Waals surface area contributed by atoms with Crippen molar-refractivity contribution in [3.8, 4) is 0 Å². The second-order valence-corrected chi connectivity index (χ2v) is 8.01. The van der Waals surface area contributed by atoms with E-state index in [9.17, 15) is 12.8 Å². The second-order valence-electron chi connectivity index (χ2n) is 5.18. The minimum Gasteiger partial charge on any atom is -0.207 e. The number of hydrogen-bond acceptors (Lipinski definition) is 2. The predicted molar refractivity (Wildman–Crippen MR) is 80.5 cm³/mol. The highest BCUT2D eigenvalue weighted by atomic mass is 79.9. The van der Waals surface area contributed by atoms with Gasteiger partial charge in [-0.3, -0.25) is 0 Å². The molecule has 0 radical (unpaired) electrons. The lowest BCUT2D eigenvalue weighted by molar-refractivity contribution is 0.405. The van der Waals surface area contributed by atoms with Crippen LogP contribution < -0.4 is 0 Å². The van der Waals surface area contributed by atoms with Crippen molar-refractivity contribution in [3.05, 3.63) is 28.5 Å². The molecule has 3 nitrogen and oxygen atoms in total. The van der Waals surface area contributed by atoms with E-state index in [2.05, 4.69) is 22.9 Å². The van der Waals surface area contributed by atoms with Crippen LogP contribution in [0.2, 0.25) is 0 Å². The molecule has 1 aromatic rings. The Morgan fingerprint density at radius 1 is 1.35 bits per heavy atom. The van der Waals surface area contributed by atoms with E-state index in [1.807, 2.05) is 0 Å². The minimum atomic E-state index is -3.73. The van der Waals surface area contributed by atoms with E-state index in [-0.39, 0.29) is 4.90 Å². The van der Waals surface area contributed by atoms with Gasteiger partial charge in [0.15, 0.2) is 0 Å². The van der Waals surface area contributed by atoms with E-state index in [0.717, 1.165) is 25.7 Å². The molecule has 1 unspecified atom stereocenters. The average Bonchev–Trinajstić information content (AvgIpc) is 2.63. The molecular weight excluding hydrogens is 345 g/mol. The van der Waals surface area contributed by atoms with E-state index < -0.39 is 15.8 Å². The molecule has 1 saturated heterocycles. The topological polar surface area (TPSA) is 37.4 Å². The highest BCUT2D eigenvalue weighted by molar-refractivity contribution is 9.10. The molecule has 1 aliphatic rings. The van der Waals surface area contributed by atoms with Gasteiger partial charge in [0.1, 0.15) is 10.7 Å². The van der Waals surface area contributed by atoms with E-state index in [0.29, 0.717) is 23.5 Å². The van der Waals surface area contributed by atoms with Gasteiger partial charge in [-0.25, -0.2) is 12.8 Å². The Morgan fingerprint density at radius 2 is 2.10 bits per heavy atom. The van der Waals surface area contributed by atoms with E-state index >= 15 is 0 Å². The molecule has 1 heterocycles. The van der Waals surface area contributed by atoms with Crippen LogP contribution in [-0.2, 0) is 10.0 Å². The van der Waals surface area contributed by atoms with Crippen molar-refractivity contribution in [1.82, 2.24) is 4.31 Å². The fourth-order valence-electron chi connectivity index (χ4n) is 2.61. The lowest BCUT2D eigenvalue weighted by Crippen LogP contribution is -2.32. The second kappa shape index (κ2) is 6.54. The maximum atomic E-state index is 13.9. The van der Waals surface area contributed by atoms with Gasteiger partial charge in [-0.15, -0.1) is 0 Å². The Bertz CT molecular complexity index is 577. The summed E-state index contributed by atoms with van der Waals surface area (Å²) in [5.74, 6) is -0.124. The van der Waals surface area contributed by atoms with Crippen LogP contribution in [0.25, 0.3) is 0 Å². The molecule has 0 N–H and O–H groups in total. The summed E-state index contributed by atoms with van der Waals surface area (Å²) in [6.45, 7) is 3.09. The lowest BCUT2D eigenvalue weighted by Gasteiger charge is -2.20. The summed E-state index contributed by atoms with van der Waals surface area (Å²) in [5.41, 5.74) is 0. The number of rotatable bonds is 3. The Morgan fingerprint density at radius 3 is 2.75 bits per heavy atom. The summed E-state index contributed by atoms with van der Waals surface area (Å²) in [6, 6.07) is 4.08. The molecule has 0 saturated carbocycles. The molecule has 2 rings (SSSR count). The minimum absolute atomic E-state index is 0.226. The summed E-state index contributed by atoms with van der Waals surface area (Å²) in [4.78, 5) is -0.226. The van der Waals surface area contributed by atoms with Crippen molar-refractivity contribution >= 4 is 26.0 Å². The van der Waals surface area contributed by atoms with Gasteiger partial charge in [0.25, 0.3) is 0 Å². The first-order valence-electron chi connectivity index (χ1n) is 6.90. The van der Waals surface area contributed by atoms with Gasteiger partial charge in [-0.2, -0.15) is 4.31 Å². The quantitative estimate of drug-likeness (QED) is 0.819. The molecule has 0 bridgehead atoms. The standard InChI is InChI=1S/C14H19BrFNO2S/c1-2-11-4-3-8-17(9-7-11)20(18,19)14-6-5-12(15)10-13(14)16/h5-6,10-11H,2-4,7-9H2,1H3. The van der Waals surface area contributed by atoms with Crippen molar-refractivity contribution in [3.63, 3.8) is 0 Å². The summed E-state index contributed by atoms with van der Waals surface area (Å²) >= 11 is 3.14. The molecule has 6 heteroatoms. The first kappa shape index (κ1) is 15.9. The van der Waals surface area contributed by atoms with Crippen molar-refractivity contribution < 1.29 is 12.8 Å². The van der Waals surface area contributed by atoms with Gasteiger partial charge in [-0.1, -0.05) is 29.3 Å². The lowest BCUT2D eigenvalue weighted by atomic mass is 9.98. The number of benzene rings is 1. The highest BCUT2D eigenvalue weighted by Crippen LogP contribution is 2.27. The maximum absolute atomic E-state index is 13.9. The Labute approximate surface area is 128 Å². The largest absolute Gasteiger partial charge is 0.245 e. The highest BCUT2D eigenvalue weighted by Gasteiger charge is 2.29. The molecule has 1 aromatic carbocycles. The smallest absolute Gasteiger partial charge is 0.207 e. The molecular formula is C14H19BrFNO2S. The van der Waals surface area contributed by atoms with Crippen LogP contribution >= 0.6 is 15.9 Å². The fraction of sp³-hybridized carbons (Fsp3) is 0.571. The summed E-state index contributed by atoms with van der Waals surface area (Å²) < 4.78 is 40.9. The van der Waals surface area contributed by atoms with Crippen molar-refractivity contribution in [1.29, 1.82) is 0 Å². The number of sulfonamides is 1. The molecule has 0 aliphatic carbocycles. The summed E-state index contributed by atoms with van der Waals surface area (Å²) in [6.07, 6.45) is 3.82. The Balaban J connectivity index is 2.25. The molecule has 0 aromatic heterocycles. The average molecular weight is 364 g/mol. The molecule has 112 valence electrons. The predicted octanol–water partition coefficient (Wildman–Crippen LogP) is 3.79. The van der Waals surface area contributed by atoms with Crippen LogP contribution in [0.15, 0.2) is 27.6 Å². The molecule has 0 amide bonds. The van der Waals surface area contributed by atoms with Gasteiger partial charge in [-0.05, 0) is 43.4 Å². The normalized spacial score (nSPS) is 21.6. The molecule has 1 aliphatic heterocycles. The summed E-state index contributed by atoms with van der Waals surface area (Å²) in [7, 11) is -3.73. The first-order chi connectivity index (χ1) is 9.45. The van der Waals surface area contributed by atoms with E-state index in [1.54, 1.807) is 6.07 Å². The van der Waals surface area contributed by atoms with E-state index in [4.69, 9.17) is 0 Å². The number of hydrogen-bond donors (Lipinski definition) is 0. The van der Waals surface area contributed by atoms with Gasteiger partial charge >= 0.3 is 0 Å². The van der Waals surface area contributed by atoms with Crippen LogP contribution in [0.1, 0.15) is 32.6 Å². The monoisotopic (exact) mass is 363 g/mol. The van der Waals surface area contributed by atoms with Gasteiger partial charge in [0, 0.05) is 17.6 Å². The van der Waals surface area contributed by atoms with Crippen LogP contribution in [0.3, 0.4) is 0 Å². The maximum Gasteiger partial charge on any atom is 0.245 e. The zero-order valence-corrected chi connectivity index (χ0v) is 13.9.